The maximum absolute atomic E-state index is 12.9. The molecular weight excluding hydrogens is 236 g/mol. The van der Waals surface area contributed by atoms with Gasteiger partial charge in [0, 0.05) is 12.3 Å². The van der Waals surface area contributed by atoms with Crippen LogP contribution in [0.3, 0.4) is 0 Å². The van der Waals surface area contributed by atoms with Crippen LogP contribution in [0.5, 0.6) is 0 Å². The quantitative estimate of drug-likeness (QED) is 0.755. The Balaban J connectivity index is 2.27. The average Bonchev–Trinajstić information content (AvgIpc) is 2.48. The van der Waals surface area contributed by atoms with E-state index < -0.39 is 5.41 Å². The third-order valence-corrected chi connectivity index (χ3v) is 4.42. The molecule has 0 spiro atoms. The van der Waals surface area contributed by atoms with Gasteiger partial charge in [0.2, 0.25) is 0 Å². The van der Waals surface area contributed by atoms with Gasteiger partial charge in [-0.1, -0.05) is 49.6 Å². The zero-order valence-corrected chi connectivity index (χ0v) is 11.6. The van der Waals surface area contributed by atoms with Gasteiger partial charge in [-0.2, -0.15) is 0 Å². The number of hydrogen-bond donors (Lipinski definition) is 0. The molecule has 2 rings (SSSR count). The minimum absolute atomic E-state index is 0.138. The summed E-state index contributed by atoms with van der Waals surface area (Å²) in [7, 11) is 0. The third-order valence-electron chi connectivity index (χ3n) is 4.42. The molecule has 1 aliphatic carbocycles. The maximum Gasteiger partial charge on any atom is 0.146 e. The van der Waals surface area contributed by atoms with E-state index in [1.54, 1.807) is 0 Å². The fourth-order valence-electron chi connectivity index (χ4n) is 3.15. The summed E-state index contributed by atoms with van der Waals surface area (Å²) in [5.41, 5.74) is 0.322. The first-order chi connectivity index (χ1) is 9.18. The number of benzene rings is 1. The largest absolute Gasteiger partial charge is 0.303 e. The van der Waals surface area contributed by atoms with Gasteiger partial charge in [0.15, 0.2) is 0 Å². The van der Waals surface area contributed by atoms with E-state index in [0.717, 1.165) is 37.5 Å². The second-order valence-corrected chi connectivity index (χ2v) is 5.77. The average molecular weight is 258 g/mol. The molecule has 0 saturated heterocycles. The zero-order valence-electron chi connectivity index (χ0n) is 11.6. The summed E-state index contributed by atoms with van der Waals surface area (Å²) in [4.78, 5) is 23.9. The molecule has 102 valence electrons. The molecule has 0 N–H and O–H groups in total. The molecule has 1 saturated carbocycles. The van der Waals surface area contributed by atoms with Gasteiger partial charge in [0.1, 0.15) is 12.1 Å². The van der Waals surface area contributed by atoms with Crippen molar-refractivity contribution in [3.05, 3.63) is 35.9 Å². The Bertz CT molecular complexity index is 432. The SMILES string of the molecule is C[C@](CC=O)(C(=O)C1CCCCC1)c1ccccc1. The highest BCUT2D eigenvalue weighted by Crippen LogP contribution is 2.35. The van der Waals surface area contributed by atoms with Crippen LogP contribution in [-0.2, 0) is 15.0 Å². The Morgan fingerprint density at radius 2 is 1.84 bits per heavy atom. The van der Waals surface area contributed by atoms with E-state index in [0.29, 0.717) is 0 Å². The molecule has 1 aliphatic rings. The van der Waals surface area contributed by atoms with Crippen LogP contribution in [0.15, 0.2) is 30.3 Å². The van der Waals surface area contributed by atoms with Crippen LogP contribution in [-0.4, -0.2) is 12.1 Å². The molecule has 19 heavy (non-hydrogen) atoms. The normalized spacial score (nSPS) is 19.6. The number of aldehydes is 1. The van der Waals surface area contributed by atoms with Crippen molar-refractivity contribution >= 4 is 12.1 Å². The van der Waals surface area contributed by atoms with Crippen LogP contribution in [0.1, 0.15) is 51.0 Å². The predicted molar refractivity (Wildman–Crippen MR) is 76.1 cm³/mol. The Morgan fingerprint density at radius 1 is 1.21 bits per heavy atom. The highest BCUT2D eigenvalue weighted by Gasteiger charge is 2.39. The number of rotatable bonds is 5. The smallest absolute Gasteiger partial charge is 0.146 e. The van der Waals surface area contributed by atoms with Crippen LogP contribution in [0.4, 0.5) is 0 Å². The van der Waals surface area contributed by atoms with Gasteiger partial charge in [-0.25, -0.2) is 0 Å². The Kier molecular flexibility index (Phi) is 4.52. The standard InChI is InChI=1S/C17H22O2/c1-17(12-13-18,15-10-6-3-7-11-15)16(19)14-8-4-2-5-9-14/h3,6-7,10-11,13-14H,2,4-5,8-9,12H2,1H3/t17-/m1/s1. The third kappa shape index (κ3) is 2.94. The molecular formula is C17H22O2. The predicted octanol–water partition coefficient (Wildman–Crippen LogP) is 3.68. The highest BCUT2D eigenvalue weighted by molar-refractivity contribution is 5.93. The van der Waals surface area contributed by atoms with Crippen molar-refractivity contribution in [2.24, 2.45) is 5.92 Å². The molecule has 0 aromatic heterocycles. The van der Waals surface area contributed by atoms with Crippen LogP contribution in [0.2, 0.25) is 0 Å². The van der Waals surface area contributed by atoms with Crippen molar-refractivity contribution in [1.29, 1.82) is 0 Å². The van der Waals surface area contributed by atoms with Crippen LogP contribution in [0, 0.1) is 5.92 Å². The van der Waals surface area contributed by atoms with Gasteiger partial charge in [0.05, 0.1) is 5.41 Å². The number of hydrogen-bond acceptors (Lipinski definition) is 2. The first-order valence-electron chi connectivity index (χ1n) is 7.22. The van der Waals surface area contributed by atoms with E-state index in [1.165, 1.54) is 6.42 Å². The van der Waals surface area contributed by atoms with Crippen LogP contribution in [0.25, 0.3) is 0 Å². The summed E-state index contributed by atoms with van der Waals surface area (Å²) in [5, 5.41) is 0. The van der Waals surface area contributed by atoms with Gasteiger partial charge in [-0.05, 0) is 25.3 Å². The molecule has 2 nitrogen and oxygen atoms in total. The van der Waals surface area contributed by atoms with E-state index in [4.69, 9.17) is 0 Å². The summed E-state index contributed by atoms with van der Waals surface area (Å²) in [6.45, 7) is 1.92. The van der Waals surface area contributed by atoms with E-state index in [1.807, 2.05) is 37.3 Å². The first kappa shape index (κ1) is 14.0. The molecule has 1 fully saturated rings. The van der Waals surface area contributed by atoms with Gasteiger partial charge >= 0.3 is 0 Å². The molecule has 1 atom stereocenters. The van der Waals surface area contributed by atoms with Crippen molar-refractivity contribution < 1.29 is 9.59 Å². The van der Waals surface area contributed by atoms with Crippen LogP contribution >= 0.6 is 0 Å². The molecule has 0 heterocycles. The van der Waals surface area contributed by atoms with Crippen LogP contribution < -0.4 is 0 Å². The number of carbonyl (C=O) groups excluding carboxylic acids is 2. The van der Waals surface area contributed by atoms with Crippen molar-refractivity contribution in [2.75, 3.05) is 0 Å². The molecule has 0 amide bonds. The summed E-state index contributed by atoms with van der Waals surface area (Å²) in [6, 6.07) is 9.74. The van der Waals surface area contributed by atoms with Crippen molar-refractivity contribution in [3.63, 3.8) is 0 Å². The van der Waals surface area contributed by atoms with E-state index >= 15 is 0 Å². The fraction of sp³-hybridized carbons (Fsp3) is 0.529. The molecule has 0 aliphatic heterocycles. The first-order valence-corrected chi connectivity index (χ1v) is 7.22. The minimum atomic E-state index is -0.648. The summed E-state index contributed by atoms with van der Waals surface area (Å²) >= 11 is 0. The second kappa shape index (κ2) is 6.14. The second-order valence-electron chi connectivity index (χ2n) is 5.77. The van der Waals surface area contributed by atoms with Crippen molar-refractivity contribution in [2.45, 2.75) is 50.9 Å². The number of carbonyl (C=O) groups is 2. The molecule has 1 aromatic rings. The highest BCUT2D eigenvalue weighted by atomic mass is 16.1. The van der Waals surface area contributed by atoms with Crippen molar-refractivity contribution in [3.8, 4) is 0 Å². The lowest BCUT2D eigenvalue weighted by Crippen LogP contribution is -2.38. The number of ketones is 1. The van der Waals surface area contributed by atoms with Crippen molar-refractivity contribution in [1.82, 2.24) is 0 Å². The lowest BCUT2D eigenvalue weighted by Gasteiger charge is -2.32. The Hall–Kier alpha value is -1.44. The molecule has 0 unspecified atom stereocenters. The Labute approximate surface area is 115 Å². The monoisotopic (exact) mass is 258 g/mol. The Morgan fingerprint density at radius 3 is 2.42 bits per heavy atom. The fourth-order valence-corrected chi connectivity index (χ4v) is 3.15. The summed E-state index contributed by atoms with van der Waals surface area (Å²) in [6.07, 6.45) is 6.66. The van der Waals surface area contributed by atoms with Gasteiger partial charge in [-0.3, -0.25) is 4.79 Å². The van der Waals surface area contributed by atoms with Gasteiger partial charge in [-0.15, -0.1) is 0 Å². The molecule has 0 radical (unpaired) electrons. The molecule has 0 bridgehead atoms. The molecule has 2 heteroatoms. The summed E-state index contributed by atoms with van der Waals surface area (Å²) < 4.78 is 0. The zero-order chi connectivity index (χ0) is 13.7. The van der Waals surface area contributed by atoms with E-state index in [2.05, 4.69) is 0 Å². The van der Waals surface area contributed by atoms with E-state index in [-0.39, 0.29) is 18.1 Å². The lowest BCUT2D eigenvalue weighted by molar-refractivity contribution is -0.130. The summed E-state index contributed by atoms with van der Waals surface area (Å²) in [5.74, 6) is 0.393. The minimum Gasteiger partial charge on any atom is -0.303 e. The lowest BCUT2D eigenvalue weighted by atomic mass is 9.69. The maximum atomic E-state index is 12.9. The van der Waals surface area contributed by atoms with Gasteiger partial charge < -0.3 is 4.79 Å². The topological polar surface area (TPSA) is 34.1 Å². The van der Waals surface area contributed by atoms with Gasteiger partial charge in [0.25, 0.3) is 0 Å². The number of Topliss-reactive ketones (excluding diaryl/α,β-unsaturated/α-hetero) is 1. The van der Waals surface area contributed by atoms with E-state index in [9.17, 15) is 9.59 Å². The molecule has 1 aromatic carbocycles.